The minimum atomic E-state index is -0.287. The number of rotatable bonds is 1. The number of nitrogens with one attached hydrogen (secondary N) is 1. The molecule has 0 fully saturated rings. The maximum Gasteiger partial charge on any atom is 0.149 e. The van der Waals surface area contributed by atoms with E-state index in [0.717, 1.165) is 0 Å². The molecule has 1 nitrogen and oxygen atoms in total. The second-order valence-electron chi connectivity index (χ2n) is 2.08. The number of aryl methyl sites for hydroxylation is 1. The van der Waals surface area contributed by atoms with E-state index in [0.29, 0.717) is 11.3 Å². The summed E-state index contributed by atoms with van der Waals surface area (Å²) in [5.74, 6) is -0.287. The molecular formula is C8H8FN. The van der Waals surface area contributed by atoms with E-state index in [2.05, 4.69) is 5.32 Å². The van der Waals surface area contributed by atoms with Crippen LogP contribution >= 0.6 is 0 Å². The Morgan fingerprint density at radius 3 is 2.70 bits per heavy atom. The number of halogens is 1. The zero-order valence-electron chi connectivity index (χ0n) is 5.69. The van der Waals surface area contributed by atoms with Crippen molar-refractivity contribution in [1.82, 2.24) is 0 Å². The first-order valence-electron chi connectivity index (χ1n) is 2.97. The molecule has 0 aliphatic rings. The van der Waals surface area contributed by atoms with Gasteiger partial charge in [-0.15, -0.1) is 0 Å². The zero-order valence-corrected chi connectivity index (χ0v) is 5.69. The van der Waals surface area contributed by atoms with Gasteiger partial charge in [0.05, 0.1) is 12.7 Å². The van der Waals surface area contributed by atoms with Crippen molar-refractivity contribution in [3.63, 3.8) is 0 Å². The van der Waals surface area contributed by atoms with Crippen molar-refractivity contribution >= 4 is 5.69 Å². The monoisotopic (exact) mass is 137 g/mol. The predicted octanol–water partition coefficient (Wildman–Crippen LogP) is 2.21. The molecule has 1 N–H and O–H groups in total. The third-order valence-corrected chi connectivity index (χ3v) is 1.35. The van der Waals surface area contributed by atoms with E-state index in [1.807, 2.05) is 0 Å². The molecule has 0 atom stereocenters. The van der Waals surface area contributed by atoms with Crippen LogP contribution in [0.25, 0.3) is 0 Å². The van der Waals surface area contributed by atoms with Gasteiger partial charge in [0.1, 0.15) is 5.82 Å². The van der Waals surface area contributed by atoms with Gasteiger partial charge in [-0.1, -0.05) is 12.1 Å². The standard InChI is InChI=1S/C8H8FN/c1-6-4-3-5-7(10-2)8(6)9/h2-5,10H,1H3. The summed E-state index contributed by atoms with van der Waals surface area (Å²) in [6.07, 6.45) is 0. The maximum absolute atomic E-state index is 12.9. The topological polar surface area (TPSA) is 12.0 Å². The van der Waals surface area contributed by atoms with Gasteiger partial charge < -0.3 is 5.32 Å². The van der Waals surface area contributed by atoms with Gasteiger partial charge in [-0.3, -0.25) is 0 Å². The van der Waals surface area contributed by atoms with Crippen LogP contribution in [0, 0.1) is 19.8 Å². The zero-order chi connectivity index (χ0) is 7.56. The average Bonchev–Trinajstić information content (AvgIpc) is 1.95. The SMILES string of the molecule is [CH]Nc1cccc(C)c1F. The normalized spacial score (nSPS) is 9.50. The Kier molecular flexibility index (Phi) is 1.90. The number of hydrogen-bond donors (Lipinski definition) is 1. The van der Waals surface area contributed by atoms with Crippen LogP contribution in [0.2, 0.25) is 0 Å². The van der Waals surface area contributed by atoms with Crippen LogP contribution in [0.3, 0.4) is 0 Å². The van der Waals surface area contributed by atoms with Crippen molar-refractivity contribution in [3.8, 4) is 0 Å². The molecule has 0 bridgehead atoms. The highest BCUT2D eigenvalue weighted by atomic mass is 19.1. The number of hydrogen-bond acceptors (Lipinski definition) is 1. The minimum absolute atomic E-state index is 0.287. The van der Waals surface area contributed by atoms with Crippen LogP contribution in [-0.2, 0) is 0 Å². The summed E-state index contributed by atoms with van der Waals surface area (Å²) >= 11 is 0. The first-order valence-corrected chi connectivity index (χ1v) is 2.97. The van der Waals surface area contributed by atoms with E-state index in [9.17, 15) is 4.39 Å². The molecule has 0 saturated carbocycles. The van der Waals surface area contributed by atoms with E-state index < -0.39 is 0 Å². The largest absolute Gasteiger partial charge is 0.376 e. The first kappa shape index (κ1) is 7.06. The van der Waals surface area contributed by atoms with Crippen LogP contribution in [0.5, 0.6) is 0 Å². The summed E-state index contributed by atoms with van der Waals surface area (Å²) in [4.78, 5) is 0. The summed E-state index contributed by atoms with van der Waals surface area (Å²) in [5, 5.41) is 2.26. The molecule has 1 aromatic carbocycles. The molecule has 52 valence electrons. The van der Waals surface area contributed by atoms with Gasteiger partial charge in [0.25, 0.3) is 0 Å². The van der Waals surface area contributed by atoms with E-state index in [-0.39, 0.29) is 5.82 Å². The first-order chi connectivity index (χ1) is 4.75. The highest BCUT2D eigenvalue weighted by Gasteiger charge is 2.00. The minimum Gasteiger partial charge on any atom is -0.376 e. The second kappa shape index (κ2) is 2.69. The van der Waals surface area contributed by atoms with Crippen molar-refractivity contribution in [2.24, 2.45) is 0 Å². The summed E-state index contributed by atoms with van der Waals surface area (Å²) in [6, 6.07) is 5.02. The van der Waals surface area contributed by atoms with Gasteiger partial charge in [-0.25, -0.2) is 4.39 Å². The van der Waals surface area contributed by atoms with Crippen LogP contribution in [-0.4, -0.2) is 0 Å². The molecular weight excluding hydrogens is 129 g/mol. The quantitative estimate of drug-likeness (QED) is 0.585. The molecule has 0 saturated heterocycles. The molecule has 10 heavy (non-hydrogen) atoms. The Bertz CT molecular complexity index is 233. The molecule has 1 rings (SSSR count). The summed E-state index contributed by atoms with van der Waals surface area (Å²) in [7, 11) is 5.03. The fourth-order valence-corrected chi connectivity index (χ4v) is 0.759. The van der Waals surface area contributed by atoms with E-state index in [1.54, 1.807) is 25.1 Å². The fraction of sp³-hybridized carbons (Fsp3) is 0.125. The lowest BCUT2D eigenvalue weighted by Gasteiger charge is -2.01. The lowest BCUT2D eigenvalue weighted by molar-refractivity contribution is 0.622. The Labute approximate surface area is 59.9 Å². The second-order valence-corrected chi connectivity index (χ2v) is 2.08. The number of benzene rings is 1. The van der Waals surface area contributed by atoms with Gasteiger partial charge in [0, 0.05) is 0 Å². The smallest absolute Gasteiger partial charge is 0.149 e. The lowest BCUT2D eigenvalue weighted by atomic mass is 10.2. The highest BCUT2D eigenvalue weighted by Crippen LogP contribution is 2.15. The molecule has 0 aliphatic heterocycles. The lowest BCUT2D eigenvalue weighted by Crippen LogP contribution is -1.91. The van der Waals surface area contributed by atoms with Crippen molar-refractivity contribution in [2.45, 2.75) is 6.92 Å². The third kappa shape index (κ3) is 1.10. The van der Waals surface area contributed by atoms with Gasteiger partial charge in [-0.2, -0.15) is 0 Å². The van der Waals surface area contributed by atoms with Gasteiger partial charge >= 0.3 is 0 Å². The summed E-state index contributed by atoms with van der Waals surface area (Å²) < 4.78 is 12.9. The molecule has 0 amide bonds. The molecule has 0 spiro atoms. The average molecular weight is 137 g/mol. The van der Waals surface area contributed by atoms with E-state index >= 15 is 0 Å². The summed E-state index contributed by atoms with van der Waals surface area (Å²) in [5.41, 5.74) is 0.926. The molecule has 0 heterocycles. The number of anilines is 1. The van der Waals surface area contributed by atoms with Crippen molar-refractivity contribution < 1.29 is 4.39 Å². The van der Waals surface area contributed by atoms with Gasteiger partial charge in [0.15, 0.2) is 0 Å². The predicted molar refractivity (Wildman–Crippen MR) is 39.1 cm³/mol. The van der Waals surface area contributed by atoms with Crippen LogP contribution < -0.4 is 5.32 Å². The Hall–Kier alpha value is -1.05. The van der Waals surface area contributed by atoms with Gasteiger partial charge in [0.2, 0.25) is 0 Å². The fourth-order valence-electron chi connectivity index (χ4n) is 0.759. The molecule has 2 heteroatoms. The Morgan fingerprint density at radius 1 is 1.50 bits per heavy atom. The van der Waals surface area contributed by atoms with Crippen molar-refractivity contribution in [2.75, 3.05) is 5.32 Å². The van der Waals surface area contributed by atoms with Crippen LogP contribution in [0.1, 0.15) is 5.56 Å². The van der Waals surface area contributed by atoms with Gasteiger partial charge in [-0.05, 0) is 18.6 Å². The summed E-state index contributed by atoms with van der Waals surface area (Å²) in [6.45, 7) is 1.69. The molecule has 0 unspecified atom stereocenters. The molecule has 2 radical (unpaired) electrons. The third-order valence-electron chi connectivity index (χ3n) is 1.35. The highest BCUT2D eigenvalue weighted by molar-refractivity contribution is 5.47. The van der Waals surface area contributed by atoms with Crippen LogP contribution in [0.4, 0.5) is 10.1 Å². The molecule has 0 aromatic heterocycles. The van der Waals surface area contributed by atoms with E-state index in [4.69, 9.17) is 7.05 Å². The van der Waals surface area contributed by atoms with Crippen LogP contribution in [0.15, 0.2) is 18.2 Å². The van der Waals surface area contributed by atoms with E-state index in [1.165, 1.54) is 0 Å². The Morgan fingerprint density at radius 2 is 2.20 bits per heavy atom. The maximum atomic E-state index is 12.9. The van der Waals surface area contributed by atoms with Crippen molar-refractivity contribution in [3.05, 3.63) is 36.6 Å². The van der Waals surface area contributed by atoms with Crippen molar-refractivity contribution in [1.29, 1.82) is 0 Å². The Balaban J connectivity index is 3.14. The molecule has 1 aromatic rings. The molecule has 0 aliphatic carbocycles.